The maximum atomic E-state index is 12.1. The van der Waals surface area contributed by atoms with E-state index < -0.39 is 35.7 Å². The van der Waals surface area contributed by atoms with E-state index in [2.05, 4.69) is 0 Å². The Morgan fingerprint density at radius 3 is 2.08 bits per heavy atom. The fourth-order valence-electron chi connectivity index (χ4n) is 3.31. The summed E-state index contributed by atoms with van der Waals surface area (Å²) in [5, 5.41) is 9.85. The number of carbonyl (C=O) groups excluding carboxylic acids is 3. The maximum Gasteiger partial charge on any atom is 0.508 e. The number of carboxylic acids is 1. The molecular formula is C26H39NO9. The van der Waals surface area contributed by atoms with Crippen LogP contribution in [-0.2, 0) is 30.3 Å². The molecule has 1 aromatic rings. The Bertz CT molecular complexity index is 899. The number of aliphatic carboxylic acids is 1. The predicted octanol–water partition coefficient (Wildman–Crippen LogP) is 4.40. The first-order valence-electron chi connectivity index (χ1n) is 12.3. The largest absolute Gasteiger partial charge is 0.508 e. The molecular weight excluding hydrogens is 470 g/mol. The highest BCUT2D eigenvalue weighted by atomic mass is 16.7. The fraction of sp³-hybridized carbons (Fsp3) is 0.615. The van der Waals surface area contributed by atoms with Crippen LogP contribution in [0, 0.1) is 5.92 Å². The minimum atomic E-state index is -1.80. The van der Waals surface area contributed by atoms with Gasteiger partial charge in [0.25, 0.3) is 0 Å². The Labute approximate surface area is 212 Å². The monoisotopic (exact) mass is 509 g/mol. The van der Waals surface area contributed by atoms with E-state index in [1.54, 1.807) is 6.07 Å². The van der Waals surface area contributed by atoms with Crippen molar-refractivity contribution in [2.75, 3.05) is 6.61 Å². The predicted molar refractivity (Wildman–Crippen MR) is 132 cm³/mol. The summed E-state index contributed by atoms with van der Waals surface area (Å²) in [5.74, 6) is -1.89. The molecule has 0 saturated carbocycles. The number of carboxylic acid groups (broad SMARTS) is 1. The Morgan fingerprint density at radius 2 is 1.56 bits per heavy atom. The van der Waals surface area contributed by atoms with E-state index in [0.717, 1.165) is 0 Å². The van der Waals surface area contributed by atoms with Crippen molar-refractivity contribution in [2.24, 2.45) is 11.7 Å². The Hall–Kier alpha value is -3.14. The molecule has 0 aliphatic rings. The molecule has 0 radical (unpaired) electrons. The molecule has 10 heteroatoms. The van der Waals surface area contributed by atoms with Gasteiger partial charge in [0.05, 0.1) is 6.61 Å². The molecule has 3 N–H and O–H groups in total. The first kappa shape index (κ1) is 30.9. The van der Waals surface area contributed by atoms with Gasteiger partial charge in [0.2, 0.25) is 0 Å². The third kappa shape index (κ3) is 11.1. The summed E-state index contributed by atoms with van der Waals surface area (Å²) in [6.07, 6.45) is 0.0764. The molecule has 0 fully saturated rings. The average Bonchev–Trinajstić information content (AvgIpc) is 2.75. The Balaban J connectivity index is 3.03. The molecule has 36 heavy (non-hydrogen) atoms. The number of ether oxygens (including phenoxy) is 4. The van der Waals surface area contributed by atoms with Crippen LogP contribution < -0.4 is 15.2 Å². The number of rotatable bonds is 15. The van der Waals surface area contributed by atoms with Crippen molar-refractivity contribution in [3.8, 4) is 11.5 Å². The van der Waals surface area contributed by atoms with Crippen LogP contribution in [0.25, 0.3) is 0 Å². The highest BCUT2D eigenvalue weighted by molar-refractivity contribution is 5.79. The zero-order valence-electron chi connectivity index (χ0n) is 21.8. The number of benzene rings is 1. The van der Waals surface area contributed by atoms with Crippen molar-refractivity contribution < 1.29 is 43.2 Å². The van der Waals surface area contributed by atoms with E-state index in [1.165, 1.54) is 19.1 Å². The molecule has 0 bridgehead atoms. The minimum absolute atomic E-state index is 0.00108. The SMILES string of the molecule is CCCC(=O)Oc1ccc(CC(N)(C[C@H](C)OC(=O)OCCC(C)C)C(=O)O)cc1OC(=O)CCC. The van der Waals surface area contributed by atoms with Crippen LogP contribution in [0.3, 0.4) is 0 Å². The number of hydrogen-bond donors (Lipinski definition) is 2. The highest BCUT2D eigenvalue weighted by Gasteiger charge is 2.37. The van der Waals surface area contributed by atoms with Crippen LogP contribution in [0.15, 0.2) is 18.2 Å². The van der Waals surface area contributed by atoms with Gasteiger partial charge in [-0.1, -0.05) is 33.8 Å². The second-order valence-electron chi connectivity index (χ2n) is 9.28. The Morgan fingerprint density at radius 1 is 0.972 bits per heavy atom. The second-order valence-corrected chi connectivity index (χ2v) is 9.28. The fourth-order valence-corrected chi connectivity index (χ4v) is 3.31. The average molecular weight is 510 g/mol. The van der Waals surface area contributed by atoms with E-state index in [-0.39, 0.29) is 43.8 Å². The summed E-state index contributed by atoms with van der Waals surface area (Å²) < 4.78 is 20.9. The molecule has 1 aromatic carbocycles. The van der Waals surface area contributed by atoms with Gasteiger partial charge in [-0.2, -0.15) is 0 Å². The van der Waals surface area contributed by atoms with Crippen molar-refractivity contribution in [1.29, 1.82) is 0 Å². The number of hydrogen-bond acceptors (Lipinski definition) is 9. The zero-order valence-corrected chi connectivity index (χ0v) is 21.8. The standard InChI is InChI=1S/C26H39NO9/c1-6-8-22(28)35-20-11-10-19(14-21(20)36-23(29)9-7-2)16-26(27,24(30)31)15-18(5)34-25(32)33-13-12-17(3)4/h10-11,14,17-18H,6-9,12-13,15-16,27H2,1-5H3,(H,30,31)/t18-,26?/m0/s1. The molecule has 202 valence electrons. The van der Waals surface area contributed by atoms with Crippen LogP contribution in [0.5, 0.6) is 11.5 Å². The zero-order chi connectivity index (χ0) is 27.3. The van der Waals surface area contributed by atoms with E-state index in [0.29, 0.717) is 30.7 Å². The highest BCUT2D eigenvalue weighted by Crippen LogP contribution is 2.31. The molecule has 0 spiro atoms. The third-order valence-electron chi connectivity index (χ3n) is 5.17. The maximum absolute atomic E-state index is 12.1. The minimum Gasteiger partial charge on any atom is -0.480 e. The molecule has 0 saturated heterocycles. The molecule has 0 aliphatic heterocycles. The molecule has 10 nitrogen and oxygen atoms in total. The lowest BCUT2D eigenvalue weighted by Crippen LogP contribution is -2.52. The van der Waals surface area contributed by atoms with Gasteiger partial charge in [0.1, 0.15) is 11.6 Å². The van der Waals surface area contributed by atoms with E-state index in [9.17, 15) is 24.3 Å². The van der Waals surface area contributed by atoms with E-state index in [4.69, 9.17) is 24.7 Å². The molecule has 0 heterocycles. The number of esters is 2. The molecule has 1 unspecified atom stereocenters. The summed E-state index contributed by atoms with van der Waals surface area (Å²) in [6, 6.07) is 4.41. The Kier molecular flexibility index (Phi) is 12.9. The van der Waals surface area contributed by atoms with Crippen LogP contribution >= 0.6 is 0 Å². The number of nitrogens with two attached hydrogens (primary N) is 1. The van der Waals surface area contributed by atoms with E-state index in [1.807, 2.05) is 27.7 Å². The lowest BCUT2D eigenvalue weighted by atomic mass is 9.86. The molecule has 2 atom stereocenters. The molecule has 1 rings (SSSR count). The van der Waals surface area contributed by atoms with Crippen molar-refractivity contribution in [3.05, 3.63) is 23.8 Å². The quantitative estimate of drug-likeness (QED) is 0.257. The second kappa shape index (κ2) is 15.1. The first-order valence-corrected chi connectivity index (χ1v) is 12.3. The lowest BCUT2D eigenvalue weighted by molar-refractivity contribution is -0.144. The summed E-state index contributed by atoms with van der Waals surface area (Å²) >= 11 is 0. The summed E-state index contributed by atoms with van der Waals surface area (Å²) in [5.41, 5.74) is 4.85. The van der Waals surface area contributed by atoms with Gasteiger partial charge in [-0.15, -0.1) is 0 Å². The smallest absolute Gasteiger partial charge is 0.480 e. The van der Waals surface area contributed by atoms with E-state index >= 15 is 0 Å². The van der Waals surface area contributed by atoms with Gasteiger partial charge >= 0.3 is 24.1 Å². The van der Waals surface area contributed by atoms with Crippen molar-refractivity contribution in [1.82, 2.24) is 0 Å². The van der Waals surface area contributed by atoms with Crippen LogP contribution in [0.1, 0.15) is 78.7 Å². The normalized spacial score (nSPS) is 13.4. The van der Waals surface area contributed by atoms with Crippen LogP contribution in [0.2, 0.25) is 0 Å². The molecule has 0 amide bonds. The first-order chi connectivity index (χ1) is 16.9. The van der Waals surface area contributed by atoms with Gasteiger partial charge in [-0.25, -0.2) is 4.79 Å². The van der Waals surface area contributed by atoms with Gasteiger partial charge in [-0.05, 0) is 49.8 Å². The third-order valence-corrected chi connectivity index (χ3v) is 5.17. The summed E-state index contributed by atoms with van der Waals surface area (Å²) in [6.45, 7) is 9.36. The van der Waals surface area contributed by atoms with Gasteiger partial charge in [0.15, 0.2) is 11.5 Å². The summed E-state index contributed by atoms with van der Waals surface area (Å²) in [4.78, 5) is 48.0. The van der Waals surface area contributed by atoms with Crippen molar-refractivity contribution in [2.45, 2.75) is 91.2 Å². The number of carbonyl (C=O) groups is 4. The summed E-state index contributed by atoms with van der Waals surface area (Å²) in [7, 11) is 0. The van der Waals surface area contributed by atoms with Crippen molar-refractivity contribution in [3.63, 3.8) is 0 Å². The van der Waals surface area contributed by atoms with Gasteiger partial charge in [0, 0.05) is 25.7 Å². The van der Waals surface area contributed by atoms with Gasteiger partial charge in [-0.3, -0.25) is 14.4 Å². The van der Waals surface area contributed by atoms with Crippen molar-refractivity contribution >= 4 is 24.1 Å². The topological polar surface area (TPSA) is 151 Å². The van der Waals surface area contributed by atoms with Gasteiger partial charge < -0.3 is 29.8 Å². The lowest BCUT2D eigenvalue weighted by Gasteiger charge is -2.28. The van der Waals surface area contributed by atoms with Crippen LogP contribution in [0.4, 0.5) is 4.79 Å². The van der Waals surface area contributed by atoms with Crippen LogP contribution in [-0.4, -0.2) is 47.4 Å². The molecule has 0 aromatic heterocycles. The molecule has 0 aliphatic carbocycles.